The van der Waals surface area contributed by atoms with Crippen LogP contribution in [0.15, 0.2) is 30.6 Å². The first-order chi connectivity index (χ1) is 15.3. The molecule has 172 valence electrons. The highest BCUT2D eigenvalue weighted by Gasteiger charge is 2.35. The highest BCUT2D eigenvalue weighted by Crippen LogP contribution is 2.42. The van der Waals surface area contributed by atoms with Gasteiger partial charge in [-0.3, -0.25) is 4.79 Å². The van der Waals surface area contributed by atoms with E-state index in [0.29, 0.717) is 32.1 Å². The summed E-state index contributed by atoms with van der Waals surface area (Å²) in [4.78, 5) is 26.6. The number of nitrogens with zero attached hydrogens (tertiary/aromatic N) is 4. The van der Waals surface area contributed by atoms with Gasteiger partial charge >= 0.3 is 0 Å². The van der Waals surface area contributed by atoms with Crippen molar-refractivity contribution in [1.29, 1.82) is 0 Å². The van der Waals surface area contributed by atoms with Crippen LogP contribution < -0.4 is 10.2 Å². The first kappa shape index (κ1) is 22.7. The first-order valence-electron chi connectivity index (χ1n) is 11.7. The molecule has 0 radical (unpaired) electrons. The van der Waals surface area contributed by atoms with E-state index in [9.17, 15) is 9.90 Å². The molecule has 0 spiro atoms. The maximum absolute atomic E-state index is 13.5. The van der Waals surface area contributed by atoms with Crippen LogP contribution in [-0.2, 0) is 4.79 Å². The minimum absolute atomic E-state index is 0.179. The molecular weight excluding hydrogens is 402 g/mol. The fourth-order valence-electron chi connectivity index (χ4n) is 4.81. The third kappa shape index (κ3) is 4.64. The standard InChI is InChI=1S/C25H35N5O2/c1-16(2)26-14-20(19-7-5-17(3)6-8-19)25(32)30-11-9-29(10-12-30)24-22-18(4)13-21(31)23(22)27-15-28-24/h5-8,15-16,18,20-21,26,31H,9-14H2,1-4H3/t18-,20?,21-/m1/s1. The van der Waals surface area contributed by atoms with Crippen LogP contribution in [0.5, 0.6) is 0 Å². The molecule has 2 heterocycles. The summed E-state index contributed by atoms with van der Waals surface area (Å²) in [6, 6.07) is 8.63. The van der Waals surface area contributed by atoms with E-state index in [4.69, 9.17) is 0 Å². The van der Waals surface area contributed by atoms with Gasteiger partial charge in [-0.25, -0.2) is 9.97 Å². The SMILES string of the molecule is Cc1ccc(C(CNC(C)C)C(=O)N2CCN(c3ncnc4c3[C@H](C)C[C@H]4O)CC2)cc1. The van der Waals surface area contributed by atoms with E-state index < -0.39 is 6.10 Å². The van der Waals surface area contributed by atoms with Gasteiger partial charge in [0.15, 0.2) is 0 Å². The van der Waals surface area contributed by atoms with Crippen molar-refractivity contribution in [2.75, 3.05) is 37.6 Å². The van der Waals surface area contributed by atoms with Gasteiger partial charge in [0.05, 0.1) is 17.7 Å². The zero-order valence-electron chi connectivity index (χ0n) is 19.6. The quantitative estimate of drug-likeness (QED) is 0.723. The summed E-state index contributed by atoms with van der Waals surface area (Å²) in [5.41, 5.74) is 4.09. The molecule has 2 aromatic rings. The molecule has 1 aliphatic carbocycles. The van der Waals surface area contributed by atoms with Gasteiger partial charge < -0.3 is 20.2 Å². The molecule has 7 heteroatoms. The van der Waals surface area contributed by atoms with Gasteiger partial charge in [-0.05, 0) is 24.8 Å². The Balaban J connectivity index is 1.47. The minimum atomic E-state index is -0.506. The van der Waals surface area contributed by atoms with E-state index in [1.165, 1.54) is 5.56 Å². The van der Waals surface area contributed by atoms with E-state index in [1.807, 2.05) is 4.90 Å². The van der Waals surface area contributed by atoms with Crippen LogP contribution in [-0.4, -0.2) is 64.6 Å². The monoisotopic (exact) mass is 437 g/mol. The lowest BCUT2D eigenvalue weighted by atomic mass is 9.95. The Kier molecular flexibility index (Phi) is 6.76. The van der Waals surface area contributed by atoms with Crippen molar-refractivity contribution in [2.24, 2.45) is 0 Å². The van der Waals surface area contributed by atoms with E-state index in [2.05, 4.69) is 72.1 Å². The molecule has 0 saturated carbocycles. The van der Waals surface area contributed by atoms with Gasteiger partial charge in [0, 0.05) is 44.3 Å². The topological polar surface area (TPSA) is 81.6 Å². The van der Waals surface area contributed by atoms with Crippen LogP contribution >= 0.6 is 0 Å². The average Bonchev–Trinajstić information content (AvgIpc) is 3.08. The van der Waals surface area contributed by atoms with Crippen molar-refractivity contribution in [3.05, 3.63) is 53.0 Å². The predicted molar refractivity (Wildman–Crippen MR) is 126 cm³/mol. The fraction of sp³-hybridized carbons (Fsp3) is 0.560. The second-order valence-electron chi connectivity index (χ2n) is 9.49. The molecular formula is C25H35N5O2. The van der Waals surface area contributed by atoms with Gasteiger partial charge in [-0.2, -0.15) is 0 Å². The van der Waals surface area contributed by atoms with Crippen molar-refractivity contribution >= 4 is 11.7 Å². The van der Waals surface area contributed by atoms with Crippen LogP contribution in [0.4, 0.5) is 5.82 Å². The fourth-order valence-corrected chi connectivity index (χ4v) is 4.81. The normalized spacial score (nSPS) is 21.7. The number of rotatable bonds is 6. The number of carbonyl (C=O) groups is 1. The Morgan fingerprint density at radius 1 is 1.16 bits per heavy atom. The molecule has 1 amide bonds. The molecule has 1 unspecified atom stereocenters. The van der Waals surface area contributed by atoms with Crippen LogP contribution in [0.3, 0.4) is 0 Å². The Morgan fingerprint density at radius 3 is 2.50 bits per heavy atom. The molecule has 0 bridgehead atoms. The van der Waals surface area contributed by atoms with E-state index in [0.717, 1.165) is 35.7 Å². The Morgan fingerprint density at radius 2 is 1.84 bits per heavy atom. The summed E-state index contributed by atoms with van der Waals surface area (Å²) >= 11 is 0. The van der Waals surface area contributed by atoms with E-state index in [-0.39, 0.29) is 17.7 Å². The molecule has 1 aliphatic heterocycles. The number of benzene rings is 1. The number of anilines is 1. The molecule has 7 nitrogen and oxygen atoms in total. The van der Waals surface area contributed by atoms with E-state index >= 15 is 0 Å². The highest BCUT2D eigenvalue weighted by atomic mass is 16.3. The summed E-state index contributed by atoms with van der Waals surface area (Å²) in [5, 5.41) is 13.7. The van der Waals surface area contributed by atoms with Crippen LogP contribution in [0.1, 0.15) is 67.5 Å². The van der Waals surface area contributed by atoms with Gasteiger partial charge in [0.25, 0.3) is 0 Å². The lowest BCUT2D eigenvalue weighted by molar-refractivity contribution is -0.133. The largest absolute Gasteiger partial charge is 0.387 e. The van der Waals surface area contributed by atoms with Crippen LogP contribution in [0, 0.1) is 6.92 Å². The van der Waals surface area contributed by atoms with Crippen molar-refractivity contribution in [2.45, 2.75) is 58.1 Å². The number of hydrogen-bond acceptors (Lipinski definition) is 6. The number of hydrogen-bond donors (Lipinski definition) is 2. The zero-order valence-corrected chi connectivity index (χ0v) is 19.6. The molecule has 4 rings (SSSR count). The Bertz CT molecular complexity index is 938. The maximum atomic E-state index is 13.5. The van der Waals surface area contributed by atoms with Crippen molar-refractivity contribution < 1.29 is 9.90 Å². The maximum Gasteiger partial charge on any atom is 0.231 e. The van der Waals surface area contributed by atoms with Gasteiger partial charge in [0.1, 0.15) is 12.1 Å². The molecule has 1 aromatic carbocycles. The lowest BCUT2D eigenvalue weighted by Crippen LogP contribution is -2.51. The van der Waals surface area contributed by atoms with Gasteiger partial charge in [-0.1, -0.05) is 50.6 Å². The van der Waals surface area contributed by atoms with Gasteiger partial charge in [0.2, 0.25) is 5.91 Å². The number of carbonyl (C=O) groups excluding carboxylic acids is 1. The second kappa shape index (κ2) is 9.55. The first-order valence-corrected chi connectivity index (χ1v) is 11.7. The molecule has 3 atom stereocenters. The third-order valence-corrected chi connectivity index (χ3v) is 6.68. The number of aromatic nitrogens is 2. The average molecular weight is 438 g/mol. The summed E-state index contributed by atoms with van der Waals surface area (Å²) < 4.78 is 0. The van der Waals surface area contributed by atoms with Crippen molar-refractivity contribution in [3.8, 4) is 0 Å². The molecule has 2 N–H and O–H groups in total. The molecule has 2 aliphatic rings. The Hall–Kier alpha value is -2.51. The summed E-state index contributed by atoms with van der Waals surface area (Å²) in [7, 11) is 0. The molecule has 1 saturated heterocycles. The highest BCUT2D eigenvalue weighted by molar-refractivity contribution is 5.84. The van der Waals surface area contributed by atoms with Crippen LogP contribution in [0.25, 0.3) is 0 Å². The van der Waals surface area contributed by atoms with Crippen molar-refractivity contribution in [1.82, 2.24) is 20.2 Å². The van der Waals surface area contributed by atoms with Crippen LogP contribution in [0.2, 0.25) is 0 Å². The lowest BCUT2D eigenvalue weighted by Gasteiger charge is -2.38. The van der Waals surface area contributed by atoms with Crippen molar-refractivity contribution in [3.63, 3.8) is 0 Å². The molecule has 32 heavy (non-hydrogen) atoms. The number of nitrogens with one attached hydrogen (secondary N) is 1. The molecule has 1 fully saturated rings. The number of amides is 1. The number of aryl methyl sites for hydroxylation is 1. The zero-order chi connectivity index (χ0) is 22.8. The number of piperazine rings is 1. The summed E-state index contributed by atoms with van der Waals surface area (Å²) in [6.45, 7) is 11.8. The smallest absolute Gasteiger partial charge is 0.231 e. The number of fused-ring (bicyclic) bond motifs is 1. The summed E-state index contributed by atoms with van der Waals surface area (Å²) in [5.74, 6) is 1.15. The summed E-state index contributed by atoms with van der Waals surface area (Å²) in [6.07, 6.45) is 1.74. The minimum Gasteiger partial charge on any atom is -0.387 e. The van der Waals surface area contributed by atoms with E-state index in [1.54, 1.807) is 6.33 Å². The third-order valence-electron chi connectivity index (χ3n) is 6.68. The number of aliphatic hydroxyl groups is 1. The second-order valence-corrected chi connectivity index (χ2v) is 9.49. The Labute approximate surface area is 190 Å². The van der Waals surface area contributed by atoms with Gasteiger partial charge in [-0.15, -0.1) is 0 Å². The predicted octanol–water partition coefficient (Wildman–Crippen LogP) is 2.76. The molecule has 1 aromatic heterocycles. The number of aliphatic hydroxyl groups excluding tert-OH is 1.